The summed E-state index contributed by atoms with van der Waals surface area (Å²) >= 11 is 1.36. The van der Waals surface area contributed by atoms with Crippen molar-refractivity contribution in [3.05, 3.63) is 64.0 Å². The van der Waals surface area contributed by atoms with E-state index < -0.39 is 9.84 Å². The zero-order valence-electron chi connectivity index (χ0n) is 16.2. The first-order valence-corrected chi connectivity index (χ1v) is 11.4. The molecular weight excluding hydrogens is 392 g/mol. The lowest BCUT2D eigenvalue weighted by molar-refractivity contribution is 0.102. The first-order valence-electron chi connectivity index (χ1n) is 8.89. The number of amides is 1. The summed E-state index contributed by atoms with van der Waals surface area (Å²) in [6, 6.07) is 10.2. The molecule has 0 aliphatic heterocycles. The Labute approximate surface area is 169 Å². The Morgan fingerprint density at radius 3 is 2.25 bits per heavy atom. The van der Waals surface area contributed by atoms with Crippen molar-refractivity contribution in [3.63, 3.8) is 0 Å². The van der Waals surface area contributed by atoms with Gasteiger partial charge in [-0.2, -0.15) is 0 Å². The highest BCUT2D eigenvalue weighted by Gasteiger charge is 2.15. The van der Waals surface area contributed by atoms with Gasteiger partial charge in [-0.05, 0) is 56.2 Å². The molecule has 0 saturated heterocycles. The highest BCUT2D eigenvalue weighted by Crippen LogP contribution is 2.31. The van der Waals surface area contributed by atoms with Crippen LogP contribution in [0, 0.1) is 20.8 Å². The van der Waals surface area contributed by atoms with E-state index in [9.17, 15) is 13.2 Å². The van der Waals surface area contributed by atoms with Gasteiger partial charge >= 0.3 is 0 Å². The van der Waals surface area contributed by atoms with Crippen molar-refractivity contribution < 1.29 is 13.2 Å². The SMILES string of the molecule is CCS(=O)(=O)c1ccc(C(=O)Nc2nc(-c3c(C)cc(C)cc3C)cs2)cc1. The zero-order valence-corrected chi connectivity index (χ0v) is 17.9. The van der Waals surface area contributed by atoms with Crippen LogP contribution >= 0.6 is 11.3 Å². The maximum atomic E-state index is 12.5. The lowest BCUT2D eigenvalue weighted by Gasteiger charge is -2.08. The second-order valence-electron chi connectivity index (χ2n) is 6.69. The Morgan fingerprint density at radius 2 is 1.68 bits per heavy atom. The van der Waals surface area contributed by atoms with Gasteiger partial charge in [0.2, 0.25) is 0 Å². The maximum absolute atomic E-state index is 12.5. The molecule has 0 fully saturated rings. The number of benzene rings is 2. The van der Waals surface area contributed by atoms with Crippen LogP contribution in [0.3, 0.4) is 0 Å². The predicted molar refractivity (Wildman–Crippen MR) is 114 cm³/mol. The summed E-state index contributed by atoms with van der Waals surface area (Å²) in [4.78, 5) is 17.2. The quantitative estimate of drug-likeness (QED) is 0.652. The summed E-state index contributed by atoms with van der Waals surface area (Å²) in [6.45, 7) is 7.76. The van der Waals surface area contributed by atoms with Crippen LogP contribution in [-0.2, 0) is 9.84 Å². The van der Waals surface area contributed by atoms with Crippen molar-refractivity contribution in [2.45, 2.75) is 32.6 Å². The van der Waals surface area contributed by atoms with Gasteiger partial charge in [-0.25, -0.2) is 13.4 Å². The highest BCUT2D eigenvalue weighted by atomic mass is 32.2. The van der Waals surface area contributed by atoms with E-state index in [0.717, 1.165) is 22.4 Å². The molecule has 2 aromatic carbocycles. The van der Waals surface area contributed by atoms with Crippen LogP contribution in [0.15, 0.2) is 46.7 Å². The van der Waals surface area contributed by atoms with Gasteiger partial charge in [0.1, 0.15) is 0 Å². The molecule has 0 atom stereocenters. The molecule has 1 aromatic heterocycles. The Balaban J connectivity index is 1.80. The van der Waals surface area contributed by atoms with Crippen molar-refractivity contribution in [1.82, 2.24) is 4.98 Å². The third-order valence-electron chi connectivity index (χ3n) is 4.51. The second-order valence-corrected chi connectivity index (χ2v) is 9.83. The number of aromatic nitrogens is 1. The molecule has 1 heterocycles. The number of nitrogens with one attached hydrogen (secondary N) is 1. The molecule has 0 spiro atoms. The molecule has 0 saturated carbocycles. The van der Waals surface area contributed by atoms with E-state index in [-0.39, 0.29) is 16.6 Å². The van der Waals surface area contributed by atoms with Gasteiger partial charge in [-0.1, -0.05) is 24.6 Å². The number of anilines is 1. The topological polar surface area (TPSA) is 76.1 Å². The number of aryl methyl sites for hydroxylation is 3. The van der Waals surface area contributed by atoms with E-state index in [1.165, 1.54) is 41.2 Å². The standard InChI is InChI=1S/C21H22N2O3S2/c1-5-28(25,26)17-8-6-16(7-9-17)20(24)23-21-22-18(12-27-21)19-14(3)10-13(2)11-15(19)4/h6-12H,5H2,1-4H3,(H,22,23,24). The van der Waals surface area contributed by atoms with Gasteiger partial charge < -0.3 is 0 Å². The molecule has 0 radical (unpaired) electrons. The van der Waals surface area contributed by atoms with Crippen molar-refractivity contribution >= 4 is 32.2 Å². The number of thiazole rings is 1. The molecule has 1 amide bonds. The monoisotopic (exact) mass is 414 g/mol. The summed E-state index contributed by atoms with van der Waals surface area (Å²) in [5.41, 5.74) is 5.79. The van der Waals surface area contributed by atoms with E-state index in [2.05, 4.69) is 43.2 Å². The van der Waals surface area contributed by atoms with E-state index in [1.54, 1.807) is 6.92 Å². The Kier molecular flexibility index (Phi) is 5.67. The molecule has 0 unspecified atom stereocenters. The number of sulfone groups is 1. The van der Waals surface area contributed by atoms with Crippen molar-refractivity contribution in [2.75, 3.05) is 11.1 Å². The fourth-order valence-electron chi connectivity index (χ4n) is 3.18. The minimum atomic E-state index is -3.28. The predicted octanol–water partition coefficient (Wildman–Crippen LogP) is 4.78. The van der Waals surface area contributed by atoms with E-state index >= 15 is 0 Å². The lowest BCUT2D eigenvalue weighted by Crippen LogP contribution is -2.12. The zero-order chi connectivity index (χ0) is 20.5. The second kappa shape index (κ2) is 7.85. The first-order chi connectivity index (χ1) is 13.2. The number of carbonyl (C=O) groups is 1. The molecule has 0 aliphatic carbocycles. The fourth-order valence-corrected chi connectivity index (χ4v) is 4.76. The smallest absolute Gasteiger partial charge is 0.257 e. The molecule has 28 heavy (non-hydrogen) atoms. The number of hydrogen-bond donors (Lipinski definition) is 1. The summed E-state index contributed by atoms with van der Waals surface area (Å²) in [5.74, 6) is -0.295. The van der Waals surface area contributed by atoms with Crippen LogP contribution in [0.1, 0.15) is 34.0 Å². The van der Waals surface area contributed by atoms with Gasteiger partial charge in [0.25, 0.3) is 5.91 Å². The lowest BCUT2D eigenvalue weighted by atomic mass is 9.98. The third-order valence-corrected chi connectivity index (χ3v) is 7.02. The molecule has 3 rings (SSSR count). The summed E-state index contributed by atoms with van der Waals surface area (Å²) < 4.78 is 23.8. The van der Waals surface area contributed by atoms with Gasteiger partial charge in [0, 0.05) is 16.5 Å². The van der Waals surface area contributed by atoms with E-state index in [1.807, 2.05) is 5.38 Å². The summed E-state index contributed by atoms with van der Waals surface area (Å²) in [7, 11) is -3.28. The van der Waals surface area contributed by atoms with Crippen LogP contribution in [0.25, 0.3) is 11.3 Å². The van der Waals surface area contributed by atoms with Crippen LogP contribution in [0.4, 0.5) is 5.13 Å². The minimum absolute atomic E-state index is 0.0261. The molecule has 1 N–H and O–H groups in total. The maximum Gasteiger partial charge on any atom is 0.257 e. The average Bonchev–Trinajstić information content (AvgIpc) is 3.08. The fraction of sp³-hybridized carbons (Fsp3) is 0.238. The molecule has 3 aromatic rings. The van der Waals surface area contributed by atoms with Crippen LogP contribution in [0.5, 0.6) is 0 Å². The normalized spacial score (nSPS) is 11.4. The number of nitrogens with zero attached hydrogens (tertiary/aromatic N) is 1. The molecule has 7 heteroatoms. The van der Waals surface area contributed by atoms with Crippen molar-refractivity contribution in [2.24, 2.45) is 0 Å². The van der Waals surface area contributed by atoms with Crippen LogP contribution in [-0.4, -0.2) is 25.1 Å². The minimum Gasteiger partial charge on any atom is -0.298 e. The molecular formula is C21H22N2O3S2. The molecule has 146 valence electrons. The van der Waals surface area contributed by atoms with E-state index in [0.29, 0.717) is 10.7 Å². The van der Waals surface area contributed by atoms with Crippen molar-refractivity contribution in [1.29, 1.82) is 0 Å². The van der Waals surface area contributed by atoms with Gasteiger partial charge in [0.15, 0.2) is 15.0 Å². The number of hydrogen-bond acceptors (Lipinski definition) is 5. The van der Waals surface area contributed by atoms with Crippen LogP contribution < -0.4 is 5.32 Å². The Morgan fingerprint density at radius 1 is 1.07 bits per heavy atom. The first kappa shape index (κ1) is 20.2. The Bertz CT molecular complexity index is 1110. The summed E-state index contributed by atoms with van der Waals surface area (Å²) in [6.07, 6.45) is 0. The van der Waals surface area contributed by atoms with Crippen LogP contribution in [0.2, 0.25) is 0 Å². The highest BCUT2D eigenvalue weighted by molar-refractivity contribution is 7.91. The average molecular weight is 415 g/mol. The Hall–Kier alpha value is -2.51. The number of carbonyl (C=O) groups excluding carboxylic acids is 1. The largest absolute Gasteiger partial charge is 0.298 e. The van der Waals surface area contributed by atoms with Gasteiger partial charge in [-0.3, -0.25) is 10.1 Å². The molecule has 0 aliphatic rings. The van der Waals surface area contributed by atoms with Gasteiger partial charge in [0.05, 0.1) is 16.3 Å². The molecule has 0 bridgehead atoms. The number of rotatable bonds is 5. The summed E-state index contributed by atoms with van der Waals surface area (Å²) in [5, 5.41) is 5.22. The van der Waals surface area contributed by atoms with Crippen molar-refractivity contribution in [3.8, 4) is 11.3 Å². The molecule has 5 nitrogen and oxygen atoms in total. The van der Waals surface area contributed by atoms with E-state index in [4.69, 9.17) is 0 Å². The third kappa shape index (κ3) is 4.15. The van der Waals surface area contributed by atoms with Gasteiger partial charge in [-0.15, -0.1) is 11.3 Å².